The zero-order valence-electron chi connectivity index (χ0n) is 16.0. The largest absolute Gasteiger partial charge is 0.416 e. The number of amides is 2. The van der Waals surface area contributed by atoms with Crippen LogP contribution in [0.15, 0.2) is 48.5 Å². The Labute approximate surface area is 167 Å². The molecule has 0 aromatic heterocycles. The van der Waals surface area contributed by atoms with Gasteiger partial charge in [-0.1, -0.05) is 51.1 Å². The first kappa shape index (κ1) is 20.6. The maximum atomic E-state index is 12.9. The van der Waals surface area contributed by atoms with Gasteiger partial charge >= 0.3 is 12.2 Å². The quantitative estimate of drug-likeness (QED) is 0.634. The van der Waals surface area contributed by atoms with Crippen molar-refractivity contribution in [3.63, 3.8) is 0 Å². The van der Waals surface area contributed by atoms with E-state index in [1.165, 1.54) is 17.7 Å². The van der Waals surface area contributed by atoms with Gasteiger partial charge in [0.1, 0.15) is 5.37 Å². The second-order valence-corrected chi connectivity index (χ2v) is 8.99. The SMILES string of the molecule is CC(C)(C)c1ccc([C@H]2SCCN2C(=O)Nc2cccc(C(F)(F)F)c2)cc1. The number of alkyl halides is 3. The Morgan fingerprint density at radius 1 is 1.07 bits per heavy atom. The average Bonchev–Trinajstić information content (AvgIpc) is 3.10. The number of nitrogens with zero attached hydrogens (tertiary/aromatic N) is 1. The van der Waals surface area contributed by atoms with E-state index < -0.39 is 17.8 Å². The summed E-state index contributed by atoms with van der Waals surface area (Å²) in [6.45, 7) is 6.96. The number of carbonyl (C=O) groups is 1. The first-order valence-electron chi connectivity index (χ1n) is 9.02. The van der Waals surface area contributed by atoms with Gasteiger partial charge in [0.15, 0.2) is 0 Å². The summed E-state index contributed by atoms with van der Waals surface area (Å²) in [6, 6.07) is 12.5. The summed E-state index contributed by atoms with van der Waals surface area (Å²) in [7, 11) is 0. The molecule has 2 amide bonds. The lowest BCUT2D eigenvalue weighted by Crippen LogP contribution is -2.34. The molecule has 0 aliphatic carbocycles. The fourth-order valence-corrected chi connectivity index (χ4v) is 4.33. The summed E-state index contributed by atoms with van der Waals surface area (Å²) in [5.41, 5.74) is 1.62. The number of hydrogen-bond donors (Lipinski definition) is 1. The predicted molar refractivity (Wildman–Crippen MR) is 108 cm³/mol. The van der Waals surface area contributed by atoms with Crippen molar-refractivity contribution in [3.05, 3.63) is 65.2 Å². The van der Waals surface area contributed by atoms with E-state index in [1.807, 2.05) is 12.1 Å². The molecule has 0 spiro atoms. The molecular weight excluding hydrogens is 385 g/mol. The molecule has 0 unspecified atom stereocenters. The fraction of sp³-hybridized carbons (Fsp3) is 0.381. The monoisotopic (exact) mass is 408 g/mol. The summed E-state index contributed by atoms with van der Waals surface area (Å²) in [6.07, 6.45) is -4.44. The molecule has 1 heterocycles. The van der Waals surface area contributed by atoms with Crippen LogP contribution in [0.5, 0.6) is 0 Å². The van der Waals surface area contributed by atoms with Crippen LogP contribution in [-0.2, 0) is 11.6 Å². The summed E-state index contributed by atoms with van der Waals surface area (Å²) < 4.78 is 38.6. The Morgan fingerprint density at radius 2 is 1.75 bits per heavy atom. The van der Waals surface area contributed by atoms with Crippen molar-refractivity contribution in [2.24, 2.45) is 0 Å². The number of rotatable bonds is 2. The summed E-state index contributed by atoms with van der Waals surface area (Å²) in [5, 5.41) is 2.45. The van der Waals surface area contributed by atoms with E-state index in [2.05, 4.69) is 38.2 Å². The van der Waals surface area contributed by atoms with E-state index in [4.69, 9.17) is 0 Å². The van der Waals surface area contributed by atoms with Crippen molar-refractivity contribution in [2.45, 2.75) is 37.7 Å². The van der Waals surface area contributed by atoms with Crippen LogP contribution in [0.3, 0.4) is 0 Å². The Hall–Kier alpha value is -2.15. The second kappa shape index (κ2) is 7.70. The molecule has 1 N–H and O–H groups in total. The van der Waals surface area contributed by atoms with Crippen molar-refractivity contribution in [3.8, 4) is 0 Å². The van der Waals surface area contributed by atoms with Gasteiger partial charge in [0.25, 0.3) is 0 Å². The van der Waals surface area contributed by atoms with E-state index in [-0.39, 0.29) is 16.5 Å². The minimum atomic E-state index is -4.44. The van der Waals surface area contributed by atoms with Gasteiger partial charge < -0.3 is 10.2 Å². The Kier molecular flexibility index (Phi) is 5.66. The van der Waals surface area contributed by atoms with Gasteiger partial charge in [-0.15, -0.1) is 11.8 Å². The van der Waals surface area contributed by atoms with Gasteiger partial charge in [0.05, 0.1) is 5.56 Å². The topological polar surface area (TPSA) is 32.3 Å². The minimum absolute atomic E-state index is 0.0436. The number of urea groups is 1. The van der Waals surface area contributed by atoms with Gasteiger partial charge in [0, 0.05) is 18.0 Å². The molecule has 0 saturated carbocycles. The van der Waals surface area contributed by atoms with Gasteiger partial charge in [-0.05, 0) is 34.7 Å². The molecule has 0 bridgehead atoms. The number of thioether (sulfide) groups is 1. The molecule has 0 radical (unpaired) electrons. The van der Waals surface area contributed by atoms with Crippen molar-refractivity contribution >= 4 is 23.5 Å². The first-order valence-corrected chi connectivity index (χ1v) is 10.1. The van der Waals surface area contributed by atoms with E-state index >= 15 is 0 Å². The Morgan fingerprint density at radius 3 is 2.36 bits per heavy atom. The molecule has 1 saturated heterocycles. The van der Waals surface area contributed by atoms with Crippen LogP contribution in [0.25, 0.3) is 0 Å². The van der Waals surface area contributed by atoms with E-state index in [9.17, 15) is 18.0 Å². The minimum Gasteiger partial charge on any atom is -0.308 e. The average molecular weight is 408 g/mol. The molecule has 1 aliphatic heterocycles. The third kappa shape index (κ3) is 4.63. The van der Waals surface area contributed by atoms with Crippen molar-refractivity contribution in [1.82, 2.24) is 4.90 Å². The highest BCUT2D eigenvalue weighted by molar-refractivity contribution is 7.99. The Bertz CT molecular complexity index is 844. The number of carbonyl (C=O) groups excluding carboxylic acids is 1. The van der Waals surface area contributed by atoms with Crippen molar-refractivity contribution < 1.29 is 18.0 Å². The van der Waals surface area contributed by atoms with Crippen LogP contribution in [0, 0.1) is 0 Å². The number of anilines is 1. The fourth-order valence-electron chi connectivity index (χ4n) is 3.07. The van der Waals surface area contributed by atoms with Gasteiger partial charge in [-0.25, -0.2) is 4.79 Å². The lowest BCUT2D eigenvalue weighted by molar-refractivity contribution is -0.137. The number of benzene rings is 2. The molecule has 1 fully saturated rings. The standard InChI is InChI=1S/C21H23F3N2OS/c1-20(2,3)15-9-7-14(8-10-15)18-26(11-12-28-18)19(27)25-17-6-4-5-16(13-17)21(22,23)24/h4-10,13,18H,11-12H2,1-3H3,(H,25,27)/t18-/m1/s1. The summed E-state index contributed by atoms with van der Waals surface area (Å²) in [4.78, 5) is 14.4. The molecule has 2 aromatic carbocycles. The van der Waals surface area contributed by atoms with Crippen LogP contribution in [0.4, 0.5) is 23.7 Å². The molecular formula is C21H23F3N2OS. The third-order valence-corrected chi connectivity index (χ3v) is 5.92. The molecule has 3 rings (SSSR count). The van der Waals surface area contributed by atoms with Crippen LogP contribution >= 0.6 is 11.8 Å². The molecule has 28 heavy (non-hydrogen) atoms. The highest BCUT2D eigenvalue weighted by atomic mass is 32.2. The lowest BCUT2D eigenvalue weighted by atomic mass is 9.87. The lowest BCUT2D eigenvalue weighted by Gasteiger charge is -2.26. The highest BCUT2D eigenvalue weighted by Crippen LogP contribution is 2.39. The van der Waals surface area contributed by atoms with Crippen LogP contribution in [-0.4, -0.2) is 23.2 Å². The van der Waals surface area contributed by atoms with Crippen LogP contribution in [0.1, 0.15) is 42.8 Å². The predicted octanol–water partition coefficient (Wildman–Crippen LogP) is 6.28. The van der Waals surface area contributed by atoms with Crippen LogP contribution < -0.4 is 5.32 Å². The maximum Gasteiger partial charge on any atom is 0.416 e. The number of halogens is 3. The molecule has 2 aromatic rings. The van der Waals surface area contributed by atoms with Gasteiger partial charge in [-0.2, -0.15) is 13.2 Å². The van der Waals surface area contributed by atoms with Gasteiger partial charge in [-0.3, -0.25) is 0 Å². The molecule has 1 atom stereocenters. The van der Waals surface area contributed by atoms with Crippen molar-refractivity contribution in [1.29, 1.82) is 0 Å². The molecule has 1 aliphatic rings. The normalized spacial score (nSPS) is 17.6. The first-order chi connectivity index (χ1) is 13.1. The van der Waals surface area contributed by atoms with Crippen LogP contribution in [0.2, 0.25) is 0 Å². The summed E-state index contributed by atoms with van der Waals surface area (Å²) >= 11 is 1.65. The van der Waals surface area contributed by atoms with E-state index in [0.29, 0.717) is 6.54 Å². The van der Waals surface area contributed by atoms with Gasteiger partial charge in [0.2, 0.25) is 0 Å². The smallest absolute Gasteiger partial charge is 0.308 e. The summed E-state index contributed by atoms with van der Waals surface area (Å²) in [5.74, 6) is 0.779. The molecule has 7 heteroatoms. The molecule has 150 valence electrons. The number of hydrogen-bond acceptors (Lipinski definition) is 2. The maximum absolute atomic E-state index is 12.9. The third-order valence-electron chi connectivity index (χ3n) is 4.65. The van der Waals surface area contributed by atoms with E-state index in [0.717, 1.165) is 23.4 Å². The molecule has 3 nitrogen and oxygen atoms in total. The Balaban J connectivity index is 1.75. The zero-order chi connectivity index (χ0) is 20.5. The van der Waals surface area contributed by atoms with E-state index in [1.54, 1.807) is 16.7 Å². The zero-order valence-corrected chi connectivity index (χ0v) is 16.8. The number of nitrogens with one attached hydrogen (secondary N) is 1. The highest BCUT2D eigenvalue weighted by Gasteiger charge is 2.33. The second-order valence-electron chi connectivity index (χ2n) is 7.80. The van der Waals surface area contributed by atoms with Crippen molar-refractivity contribution in [2.75, 3.05) is 17.6 Å².